The fraction of sp³-hybridized carbons (Fsp3) is 0.0476. The number of para-hydroxylation sites is 1. The number of hydrazine groups is 1. The Hall–Kier alpha value is -4.20. The summed E-state index contributed by atoms with van der Waals surface area (Å²) in [5.41, 5.74) is 5.68. The van der Waals surface area contributed by atoms with E-state index >= 15 is 0 Å². The largest absolute Gasteiger partial charge is 0.497 e. The molecule has 0 atom stereocenters. The van der Waals surface area contributed by atoms with Crippen LogP contribution in [0.3, 0.4) is 0 Å². The summed E-state index contributed by atoms with van der Waals surface area (Å²) in [4.78, 5) is 40.9. The standard InChI is InChI=1S/C21H18N4O4/c1-29-15-11-9-14(10-12-15)19(26)23-17-7-3-2-6-16(17)20(27)24-25-21(28)18-8-4-5-13-22-18/h2-13H,1H3,(H,23,26)(H,24,27)(H,25,28). The summed E-state index contributed by atoms with van der Waals surface area (Å²) in [6.45, 7) is 0. The van der Waals surface area contributed by atoms with E-state index in [1.807, 2.05) is 0 Å². The number of nitrogens with one attached hydrogen (secondary N) is 3. The smallest absolute Gasteiger partial charge is 0.288 e. The third-order valence-electron chi connectivity index (χ3n) is 3.96. The molecule has 1 heterocycles. The first kappa shape index (κ1) is 19.6. The van der Waals surface area contributed by atoms with Crippen molar-refractivity contribution in [1.29, 1.82) is 0 Å². The van der Waals surface area contributed by atoms with Crippen LogP contribution in [0.15, 0.2) is 72.9 Å². The zero-order chi connectivity index (χ0) is 20.6. The molecule has 0 spiro atoms. The second-order valence-electron chi connectivity index (χ2n) is 5.85. The topological polar surface area (TPSA) is 109 Å². The first-order chi connectivity index (χ1) is 14.1. The van der Waals surface area contributed by atoms with Gasteiger partial charge in [0.25, 0.3) is 17.7 Å². The van der Waals surface area contributed by atoms with Gasteiger partial charge in [-0.25, -0.2) is 0 Å². The Morgan fingerprint density at radius 2 is 1.48 bits per heavy atom. The van der Waals surface area contributed by atoms with Crippen LogP contribution >= 0.6 is 0 Å². The highest BCUT2D eigenvalue weighted by atomic mass is 16.5. The molecule has 29 heavy (non-hydrogen) atoms. The Labute approximate surface area is 166 Å². The summed E-state index contributed by atoms with van der Waals surface area (Å²) in [6, 6.07) is 17.9. The van der Waals surface area contributed by atoms with Gasteiger partial charge >= 0.3 is 0 Å². The van der Waals surface area contributed by atoms with Gasteiger partial charge in [-0.2, -0.15) is 0 Å². The predicted octanol–water partition coefficient (Wildman–Crippen LogP) is 2.42. The number of carbonyl (C=O) groups is 3. The first-order valence-electron chi connectivity index (χ1n) is 8.64. The van der Waals surface area contributed by atoms with E-state index in [2.05, 4.69) is 21.2 Å². The van der Waals surface area contributed by atoms with Crippen LogP contribution in [0.5, 0.6) is 5.75 Å². The number of carbonyl (C=O) groups excluding carboxylic acids is 3. The molecule has 0 fully saturated rings. The maximum Gasteiger partial charge on any atom is 0.288 e. The molecule has 8 heteroatoms. The van der Waals surface area contributed by atoms with E-state index in [-0.39, 0.29) is 17.2 Å². The summed E-state index contributed by atoms with van der Waals surface area (Å²) in [7, 11) is 1.54. The van der Waals surface area contributed by atoms with Gasteiger partial charge < -0.3 is 10.1 Å². The Morgan fingerprint density at radius 1 is 0.793 bits per heavy atom. The van der Waals surface area contributed by atoms with Crippen molar-refractivity contribution in [2.75, 3.05) is 12.4 Å². The van der Waals surface area contributed by atoms with E-state index in [1.165, 1.54) is 25.4 Å². The SMILES string of the molecule is COc1ccc(C(=O)Nc2ccccc2C(=O)NNC(=O)c2ccccn2)cc1. The highest BCUT2D eigenvalue weighted by Gasteiger charge is 2.15. The molecule has 0 unspecified atom stereocenters. The number of anilines is 1. The van der Waals surface area contributed by atoms with Crippen molar-refractivity contribution >= 4 is 23.4 Å². The lowest BCUT2D eigenvalue weighted by Gasteiger charge is -2.12. The average molecular weight is 390 g/mol. The average Bonchev–Trinajstić information content (AvgIpc) is 2.78. The number of nitrogens with zero attached hydrogens (tertiary/aromatic N) is 1. The zero-order valence-electron chi connectivity index (χ0n) is 15.5. The van der Waals surface area contributed by atoms with Crippen LogP contribution < -0.4 is 20.9 Å². The molecule has 0 saturated carbocycles. The molecule has 0 aliphatic carbocycles. The number of rotatable bonds is 5. The molecule has 0 saturated heterocycles. The molecule has 8 nitrogen and oxygen atoms in total. The summed E-state index contributed by atoms with van der Waals surface area (Å²) in [5.74, 6) is -0.894. The van der Waals surface area contributed by atoms with Gasteiger partial charge in [-0.3, -0.25) is 30.2 Å². The van der Waals surface area contributed by atoms with E-state index in [4.69, 9.17) is 4.74 Å². The lowest BCUT2D eigenvalue weighted by molar-refractivity contribution is 0.0844. The molecule has 0 radical (unpaired) electrons. The van der Waals surface area contributed by atoms with Gasteiger partial charge in [0.05, 0.1) is 18.4 Å². The molecule has 0 aliphatic heterocycles. The Bertz CT molecular complexity index is 1020. The molecule has 146 valence electrons. The summed E-state index contributed by atoms with van der Waals surface area (Å²) in [5, 5.41) is 2.70. The van der Waals surface area contributed by atoms with Crippen LogP contribution in [0, 0.1) is 0 Å². The number of amides is 3. The normalized spacial score (nSPS) is 9.97. The van der Waals surface area contributed by atoms with Crippen LogP contribution in [0.4, 0.5) is 5.69 Å². The van der Waals surface area contributed by atoms with Gasteiger partial charge in [0.2, 0.25) is 0 Å². The fourth-order valence-corrected chi connectivity index (χ4v) is 2.47. The summed E-state index contributed by atoms with van der Waals surface area (Å²) < 4.78 is 5.07. The molecule has 3 rings (SSSR count). The first-order valence-corrected chi connectivity index (χ1v) is 8.64. The lowest BCUT2D eigenvalue weighted by atomic mass is 10.1. The molecule has 3 N–H and O–H groups in total. The van der Waals surface area contributed by atoms with Crippen molar-refractivity contribution < 1.29 is 19.1 Å². The molecule has 3 amide bonds. The predicted molar refractivity (Wildman–Crippen MR) is 107 cm³/mol. The van der Waals surface area contributed by atoms with Gasteiger partial charge in [-0.1, -0.05) is 18.2 Å². The van der Waals surface area contributed by atoms with Crippen LogP contribution in [-0.4, -0.2) is 29.8 Å². The monoisotopic (exact) mass is 390 g/mol. The quantitative estimate of drug-likeness (QED) is 0.580. The minimum atomic E-state index is -0.583. The van der Waals surface area contributed by atoms with Crippen molar-refractivity contribution in [3.8, 4) is 5.75 Å². The number of pyridine rings is 1. The summed E-state index contributed by atoms with van der Waals surface area (Å²) >= 11 is 0. The van der Waals surface area contributed by atoms with Gasteiger partial charge in [0.15, 0.2) is 0 Å². The zero-order valence-corrected chi connectivity index (χ0v) is 15.5. The maximum atomic E-state index is 12.5. The lowest BCUT2D eigenvalue weighted by Crippen LogP contribution is -2.42. The number of hydrogen-bond acceptors (Lipinski definition) is 5. The Balaban J connectivity index is 1.68. The second-order valence-corrected chi connectivity index (χ2v) is 5.85. The van der Waals surface area contributed by atoms with E-state index in [0.29, 0.717) is 17.0 Å². The van der Waals surface area contributed by atoms with Crippen molar-refractivity contribution in [3.63, 3.8) is 0 Å². The van der Waals surface area contributed by atoms with Crippen LogP contribution in [-0.2, 0) is 0 Å². The number of ether oxygens (including phenoxy) is 1. The van der Waals surface area contributed by atoms with Crippen molar-refractivity contribution in [3.05, 3.63) is 89.7 Å². The third kappa shape index (κ3) is 4.95. The molecule has 3 aromatic rings. The van der Waals surface area contributed by atoms with Gasteiger partial charge in [-0.15, -0.1) is 0 Å². The summed E-state index contributed by atoms with van der Waals surface area (Å²) in [6.07, 6.45) is 1.47. The molecule has 0 aliphatic rings. The second kappa shape index (κ2) is 9.14. The highest BCUT2D eigenvalue weighted by molar-refractivity contribution is 6.09. The fourth-order valence-electron chi connectivity index (χ4n) is 2.47. The van der Waals surface area contributed by atoms with E-state index in [0.717, 1.165) is 0 Å². The Morgan fingerprint density at radius 3 is 2.17 bits per heavy atom. The van der Waals surface area contributed by atoms with Crippen LogP contribution in [0.2, 0.25) is 0 Å². The molecular formula is C21H18N4O4. The Kier molecular flexibility index (Phi) is 6.16. The number of aromatic nitrogens is 1. The maximum absolute atomic E-state index is 12.5. The minimum Gasteiger partial charge on any atom is -0.497 e. The van der Waals surface area contributed by atoms with Gasteiger partial charge in [0, 0.05) is 11.8 Å². The van der Waals surface area contributed by atoms with Crippen LogP contribution in [0.25, 0.3) is 0 Å². The van der Waals surface area contributed by atoms with Crippen molar-refractivity contribution in [1.82, 2.24) is 15.8 Å². The molecular weight excluding hydrogens is 372 g/mol. The third-order valence-corrected chi connectivity index (χ3v) is 3.96. The van der Waals surface area contributed by atoms with Crippen molar-refractivity contribution in [2.24, 2.45) is 0 Å². The number of methoxy groups -OCH3 is 1. The van der Waals surface area contributed by atoms with E-state index in [9.17, 15) is 14.4 Å². The molecule has 2 aromatic carbocycles. The number of hydrogen-bond donors (Lipinski definition) is 3. The van der Waals surface area contributed by atoms with Crippen LogP contribution in [0.1, 0.15) is 31.2 Å². The van der Waals surface area contributed by atoms with Gasteiger partial charge in [0.1, 0.15) is 11.4 Å². The molecule has 1 aromatic heterocycles. The van der Waals surface area contributed by atoms with Gasteiger partial charge in [-0.05, 0) is 48.5 Å². The van der Waals surface area contributed by atoms with Crippen molar-refractivity contribution in [2.45, 2.75) is 0 Å². The highest BCUT2D eigenvalue weighted by Crippen LogP contribution is 2.17. The van der Waals surface area contributed by atoms with E-state index < -0.39 is 11.8 Å². The molecule has 0 bridgehead atoms. The number of benzene rings is 2. The minimum absolute atomic E-state index is 0.161. The van der Waals surface area contributed by atoms with E-state index in [1.54, 1.807) is 54.6 Å².